The highest BCUT2D eigenvalue weighted by molar-refractivity contribution is 7.20. The standard InChI is InChI=1S/C56H38F6S/c1-5-15-40-38(6-2)53(46-21-14-13-20-45(46)50(40)33-22-27-36(28-23-33)55(57,58)59)39(7-3)54-47-32-35(26-31-49(47)63-48(54)8-4)52-43-18-11-9-16-41(43)51(42-17-10-12-19-44(42)52)34-24-29-37(30-25-34)56(60,61)62/h5-32H,2,4H2,1,3H3/b15-5-,39-7-. The van der Waals surface area contributed by atoms with E-state index in [1.807, 2.05) is 92.7 Å². The smallest absolute Gasteiger partial charge is 0.166 e. The predicted octanol–water partition coefficient (Wildman–Crippen LogP) is 18.2. The Bertz CT molecular complexity index is 3280. The van der Waals surface area contributed by atoms with Gasteiger partial charge in [0, 0.05) is 20.5 Å². The van der Waals surface area contributed by atoms with Crippen molar-refractivity contribution < 1.29 is 26.3 Å². The fourth-order valence-corrected chi connectivity index (χ4v) is 10.2. The molecule has 0 nitrogen and oxygen atoms in total. The van der Waals surface area contributed by atoms with Crippen LogP contribution in [0.4, 0.5) is 26.3 Å². The average Bonchev–Trinajstić information content (AvgIpc) is 3.65. The van der Waals surface area contributed by atoms with Crippen molar-refractivity contribution in [2.75, 3.05) is 0 Å². The normalized spacial score (nSPS) is 12.6. The maximum Gasteiger partial charge on any atom is 0.416 e. The first-order chi connectivity index (χ1) is 30.4. The first-order valence-electron chi connectivity index (χ1n) is 20.4. The number of rotatable bonds is 8. The maximum absolute atomic E-state index is 13.7. The third kappa shape index (κ3) is 7.07. The largest absolute Gasteiger partial charge is 0.416 e. The molecular weight excluding hydrogens is 819 g/mol. The summed E-state index contributed by atoms with van der Waals surface area (Å²) >= 11 is 1.64. The number of allylic oxidation sites excluding steroid dienone is 2. The van der Waals surface area contributed by atoms with Gasteiger partial charge in [-0.25, -0.2) is 0 Å². The molecule has 0 fully saturated rings. The third-order valence-corrected chi connectivity index (χ3v) is 12.9. The Morgan fingerprint density at radius 1 is 0.476 bits per heavy atom. The minimum Gasteiger partial charge on any atom is -0.166 e. The van der Waals surface area contributed by atoms with Gasteiger partial charge >= 0.3 is 12.4 Å². The van der Waals surface area contributed by atoms with Gasteiger partial charge < -0.3 is 0 Å². The van der Waals surface area contributed by atoms with Crippen LogP contribution in [0.25, 0.3) is 99.6 Å². The van der Waals surface area contributed by atoms with Gasteiger partial charge in [0.25, 0.3) is 0 Å². The topological polar surface area (TPSA) is 0 Å². The lowest BCUT2D eigenvalue weighted by Gasteiger charge is -2.22. The number of hydrogen-bond acceptors (Lipinski definition) is 1. The average molecular weight is 857 g/mol. The summed E-state index contributed by atoms with van der Waals surface area (Å²) < 4.78 is 83.0. The minimum absolute atomic E-state index is 0.658. The Morgan fingerprint density at radius 2 is 0.921 bits per heavy atom. The molecule has 8 aromatic carbocycles. The van der Waals surface area contributed by atoms with E-state index < -0.39 is 23.5 Å². The molecule has 0 bridgehead atoms. The molecule has 310 valence electrons. The molecule has 0 aliphatic rings. The van der Waals surface area contributed by atoms with Gasteiger partial charge in [-0.2, -0.15) is 26.3 Å². The van der Waals surface area contributed by atoms with Crippen molar-refractivity contribution in [3.8, 4) is 33.4 Å². The molecule has 0 aliphatic heterocycles. The molecular formula is C56H38F6S. The summed E-state index contributed by atoms with van der Waals surface area (Å²) in [7, 11) is 0. The molecule has 0 N–H and O–H groups in total. The van der Waals surface area contributed by atoms with Crippen LogP contribution in [0.5, 0.6) is 0 Å². The van der Waals surface area contributed by atoms with Crippen LogP contribution >= 0.6 is 11.3 Å². The second-order valence-electron chi connectivity index (χ2n) is 15.3. The Morgan fingerprint density at radius 3 is 1.37 bits per heavy atom. The van der Waals surface area contributed by atoms with Gasteiger partial charge in [0.05, 0.1) is 11.1 Å². The lowest BCUT2D eigenvalue weighted by molar-refractivity contribution is -0.138. The Hall–Kier alpha value is -6.96. The number of benzene rings is 8. The summed E-state index contributed by atoms with van der Waals surface area (Å²) in [6.07, 6.45) is 0.840. The van der Waals surface area contributed by atoms with Crippen molar-refractivity contribution in [1.29, 1.82) is 0 Å². The number of halogens is 6. The van der Waals surface area contributed by atoms with Crippen LogP contribution in [0.3, 0.4) is 0 Å². The monoisotopic (exact) mass is 856 g/mol. The molecule has 0 atom stereocenters. The molecule has 1 aromatic heterocycles. The van der Waals surface area contributed by atoms with Gasteiger partial charge in [0.1, 0.15) is 0 Å². The van der Waals surface area contributed by atoms with Crippen LogP contribution < -0.4 is 0 Å². The van der Waals surface area contributed by atoms with Crippen molar-refractivity contribution >= 4 is 77.5 Å². The SMILES string of the molecule is C=Cc1sc2ccc(-c3c4ccccc4c(-c4ccc(C(F)(F)F)cc4)c4ccccc34)cc2c1/C(=C\C)c1c(C=C)c(/C=C\C)c(-c2ccc(C(F)(F)F)cc2)c2ccccc12. The molecule has 0 spiro atoms. The summed E-state index contributed by atoms with van der Waals surface area (Å²) in [5.74, 6) is 0. The molecule has 0 saturated heterocycles. The van der Waals surface area contributed by atoms with Crippen LogP contribution in [-0.4, -0.2) is 0 Å². The highest BCUT2D eigenvalue weighted by atomic mass is 32.1. The van der Waals surface area contributed by atoms with E-state index in [4.69, 9.17) is 0 Å². The molecule has 0 amide bonds. The molecule has 1 heterocycles. The lowest BCUT2D eigenvalue weighted by Crippen LogP contribution is -2.04. The number of thiophene rings is 1. The summed E-state index contributed by atoms with van der Waals surface area (Å²) in [4.78, 5) is 0.973. The second-order valence-corrected chi connectivity index (χ2v) is 16.4. The van der Waals surface area contributed by atoms with Crippen molar-refractivity contribution in [3.63, 3.8) is 0 Å². The van der Waals surface area contributed by atoms with Crippen LogP contribution in [0.2, 0.25) is 0 Å². The Labute approximate surface area is 365 Å². The number of fused-ring (bicyclic) bond motifs is 4. The lowest BCUT2D eigenvalue weighted by atomic mass is 9.80. The van der Waals surface area contributed by atoms with Crippen LogP contribution in [0.1, 0.15) is 52.1 Å². The number of alkyl halides is 6. The van der Waals surface area contributed by atoms with E-state index in [0.717, 1.165) is 122 Å². The Balaban J connectivity index is 1.30. The van der Waals surface area contributed by atoms with Crippen molar-refractivity contribution in [2.45, 2.75) is 26.2 Å². The van der Waals surface area contributed by atoms with E-state index in [1.54, 1.807) is 23.5 Å². The zero-order valence-electron chi connectivity index (χ0n) is 34.3. The van der Waals surface area contributed by atoms with Crippen molar-refractivity contribution in [3.05, 3.63) is 203 Å². The summed E-state index contributed by atoms with van der Waals surface area (Å²) in [5, 5.41) is 6.59. The second kappa shape index (κ2) is 16.1. The molecule has 7 heteroatoms. The molecule has 0 radical (unpaired) electrons. The Kier molecular flexibility index (Phi) is 10.6. The van der Waals surface area contributed by atoms with Gasteiger partial charge in [0.15, 0.2) is 0 Å². The summed E-state index contributed by atoms with van der Waals surface area (Å²) in [5.41, 5.74) is 8.17. The van der Waals surface area contributed by atoms with E-state index in [-0.39, 0.29) is 0 Å². The van der Waals surface area contributed by atoms with Crippen molar-refractivity contribution in [2.24, 2.45) is 0 Å². The molecule has 0 unspecified atom stereocenters. The first kappa shape index (κ1) is 41.4. The zero-order chi connectivity index (χ0) is 44.2. The number of hydrogen-bond donors (Lipinski definition) is 0. The van der Waals surface area contributed by atoms with Crippen molar-refractivity contribution in [1.82, 2.24) is 0 Å². The van der Waals surface area contributed by atoms with E-state index >= 15 is 0 Å². The van der Waals surface area contributed by atoms with E-state index in [9.17, 15) is 26.3 Å². The van der Waals surface area contributed by atoms with Crippen LogP contribution in [0, 0.1) is 0 Å². The predicted molar refractivity (Wildman–Crippen MR) is 255 cm³/mol. The first-order valence-corrected chi connectivity index (χ1v) is 21.2. The van der Waals surface area contributed by atoms with Gasteiger partial charge in [-0.1, -0.05) is 147 Å². The molecule has 63 heavy (non-hydrogen) atoms. The van der Waals surface area contributed by atoms with Gasteiger partial charge in [-0.15, -0.1) is 11.3 Å². The van der Waals surface area contributed by atoms with Crippen LogP contribution in [0.15, 0.2) is 165 Å². The quantitative estimate of drug-likeness (QED) is 0.105. The van der Waals surface area contributed by atoms with E-state index in [1.165, 1.54) is 12.1 Å². The van der Waals surface area contributed by atoms with E-state index in [0.29, 0.717) is 11.1 Å². The molecule has 0 saturated carbocycles. The highest BCUT2D eigenvalue weighted by Crippen LogP contribution is 2.49. The molecule has 0 aliphatic carbocycles. The summed E-state index contributed by atoms with van der Waals surface area (Å²) in [6.45, 7) is 12.5. The zero-order valence-corrected chi connectivity index (χ0v) is 35.1. The third-order valence-electron chi connectivity index (χ3n) is 11.8. The van der Waals surface area contributed by atoms with Gasteiger partial charge in [0.2, 0.25) is 0 Å². The fourth-order valence-electron chi connectivity index (χ4n) is 9.14. The summed E-state index contributed by atoms with van der Waals surface area (Å²) in [6, 6.07) is 41.3. The van der Waals surface area contributed by atoms with Gasteiger partial charge in [-0.3, -0.25) is 0 Å². The van der Waals surface area contributed by atoms with E-state index in [2.05, 4.69) is 55.6 Å². The fraction of sp³-hybridized carbons (Fsp3) is 0.0714. The minimum atomic E-state index is -4.46. The highest BCUT2D eigenvalue weighted by Gasteiger charge is 2.32. The van der Waals surface area contributed by atoms with Gasteiger partial charge in [-0.05, 0) is 138 Å². The van der Waals surface area contributed by atoms with Crippen LogP contribution in [-0.2, 0) is 12.4 Å². The molecule has 9 aromatic rings. The maximum atomic E-state index is 13.7. The molecule has 9 rings (SSSR count).